The van der Waals surface area contributed by atoms with Crippen molar-refractivity contribution in [2.24, 2.45) is 0 Å². The van der Waals surface area contributed by atoms with Crippen molar-refractivity contribution in [3.05, 3.63) is 5.82 Å². The van der Waals surface area contributed by atoms with Crippen molar-refractivity contribution in [1.82, 2.24) is 10.1 Å². The first-order chi connectivity index (χ1) is 6.24. The fourth-order valence-electron chi connectivity index (χ4n) is 1.50. The molecule has 0 radical (unpaired) electrons. The van der Waals surface area contributed by atoms with E-state index in [0.717, 1.165) is 19.3 Å². The van der Waals surface area contributed by atoms with E-state index < -0.39 is 0 Å². The third kappa shape index (κ3) is 1.51. The van der Waals surface area contributed by atoms with E-state index in [0.29, 0.717) is 11.8 Å². The van der Waals surface area contributed by atoms with Gasteiger partial charge in [0.25, 0.3) is 0 Å². The Morgan fingerprint density at radius 3 is 2.77 bits per heavy atom. The Morgan fingerprint density at radius 2 is 2.38 bits per heavy atom. The first-order valence-corrected chi connectivity index (χ1v) is 4.43. The van der Waals surface area contributed by atoms with E-state index in [-0.39, 0.29) is 12.1 Å². The van der Waals surface area contributed by atoms with Crippen molar-refractivity contribution in [3.63, 3.8) is 0 Å². The number of nitrogens with one attached hydrogen (secondary N) is 1. The zero-order valence-electron chi connectivity index (χ0n) is 7.58. The maximum atomic E-state index is 9.15. The van der Waals surface area contributed by atoms with Crippen molar-refractivity contribution >= 4 is 6.01 Å². The van der Waals surface area contributed by atoms with E-state index in [9.17, 15) is 0 Å². The molecule has 1 heterocycles. The molecule has 0 amide bonds. The van der Waals surface area contributed by atoms with Crippen LogP contribution in [0.15, 0.2) is 4.52 Å². The van der Waals surface area contributed by atoms with Crippen molar-refractivity contribution < 1.29 is 9.63 Å². The van der Waals surface area contributed by atoms with E-state index in [1.54, 1.807) is 6.92 Å². The van der Waals surface area contributed by atoms with Gasteiger partial charge in [0.05, 0.1) is 12.1 Å². The summed E-state index contributed by atoms with van der Waals surface area (Å²) >= 11 is 0. The molecule has 0 aromatic carbocycles. The summed E-state index contributed by atoms with van der Waals surface area (Å²) in [5.41, 5.74) is -0.209. The molecule has 13 heavy (non-hydrogen) atoms. The minimum atomic E-state index is -0.209. The molecule has 0 bridgehead atoms. The van der Waals surface area contributed by atoms with Gasteiger partial charge in [-0.25, -0.2) is 0 Å². The van der Waals surface area contributed by atoms with Crippen LogP contribution in [0.3, 0.4) is 0 Å². The molecule has 1 aromatic rings. The second kappa shape index (κ2) is 2.99. The van der Waals surface area contributed by atoms with E-state index >= 15 is 0 Å². The molecule has 2 rings (SSSR count). The van der Waals surface area contributed by atoms with Crippen LogP contribution in [0.2, 0.25) is 0 Å². The number of aryl methyl sites for hydroxylation is 1. The Kier molecular flexibility index (Phi) is 1.95. The summed E-state index contributed by atoms with van der Waals surface area (Å²) in [6, 6.07) is 0.409. The van der Waals surface area contributed by atoms with Crippen molar-refractivity contribution in [2.45, 2.75) is 31.7 Å². The van der Waals surface area contributed by atoms with Crippen LogP contribution in [0, 0.1) is 6.92 Å². The molecule has 1 aromatic heterocycles. The third-order valence-corrected chi connectivity index (χ3v) is 2.51. The summed E-state index contributed by atoms with van der Waals surface area (Å²) in [6.45, 7) is 1.88. The molecule has 1 saturated carbocycles. The fourth-order valence-corrected chi connectivity index (χ4v) is 1.50. The smallest absolute Gasteiger partial charge is 0.321 e. The van der Waals surface area contributed by atoms with Crippen molar-refractivity contribution in [1.29, 1.82) is 0 Å². The van der Waals surface area contributed by atoms with Crippen LogP contribution in [-0.4, -0.2) is 27.4 Å². The van der Waals surface area contributed by atoms with Gasteiger partial charge < -0.3 is 14.9 Å². The Balaban J connectivity index is 2.04. The van der Waals surface area contributed by atoms with Gasteiger partial charge in [-0.05, 0) is 26.2 Å². The lowest BCUT2D eigenvalue weighted by atomic mass is 9.77. The molecule has 72 valence electrons. The minimum absolute atomic E-state index is 0.119. The van der Waals surface area contributed by atoms with E-state index in [1.807, 2.05) is 0 Å². The quantitative estimate of drug-likeness (QED) is 0.722. The topological polar surface area (TPSA) is 71.2 Å². The maximum Gasteiger partial charge on any atom is 0.321 e. The van der Waals surface area contributed by atoms with E-state index in [1.165, 1.54) is 0 Å². The molecule has 5 heteroatoms. The summed E-state index contributed by atoms with van der Waals surface area (Å²) in [5, 5.41) is 15.9. The van der Waals surface area contributed by atoms with Gasteiger partial charge in [-0.15, -0.1) is 0 Å². The second-order valence-corrected chi connectivity index (χ2v) is 3.56. The normalized spacial score (nSPS) is 19.5. The molecule has 1 fully saturated rings. The SMILES string of the molecule is Cc1noc(NC2(CO)CCC2)n1. The van der Waals surface area contributed by atoms with Gasteiger partial charge in [-0.3, -0.25) is 0 Å². The number of anilines is 1. The molecule has 0 saturated heterocycles. The summed E-state index contributed by atoms with van der Waals surface area (Å²) in [4.78, 5) is 4.03. The Hall–Kier alpha value is -1.10. The lowest BCUT2D eigenvalue weighted by Gasteiger charge is -2.40. The minimum Gasteiger partial charge on any atom is -0.394 e. The van der Waals surface area contributed by atoms with Crippen LogP contribution in [0.4, 0.5) is 6.01 Å². The fraction of sp³-hybridized carbons (Fsp3) is 0.750. The zero-order chi connectivity index (χ0) is 9.31. The Morgan fingerprint density at radius 1 is 1.62 bits per heavy atom. The predicted molar refractivity (Wildman–Crippen MR) is 46.3 cm³/mol. The number of hydrogen-bond donors (Lipinski definition) is 2. The van der Waals surface area contributed by atoms with Gasteiger partial charge in [-0.2, -0.15) is 4.98 Å². The van der Waals surface area contributed by atoms with Crippen LogP contribution in [-0.2, 0) is 0 Å². The van der Waals surface area contributed by atoms with Crippen LogP contribution in [0.25, 0.3) is 0 Å². The molecule has 0 unspecified atom stereocenters. The highest BCUT2D eigenvalue weighted by atomic mass is 16.5. The monoisotopic (exact) mass is 183 g/mol. The molecule has 1 aliphatic carbocycles. The number of aromatic nitrogens is 2. The standard InChI is InChI=1S/C8H13N3O2/c1-6-9-7(13-11-6)10-8(5-12)3-2-4-8/h12H,2-5H2,1H3,(H,9,10,11). The summed E-state index contributed by atoms with van der Waals surface area (Å²) in [6.07, 6.45) is 3.07. The zero-order valence-corrected chi connectivity index (χ0v) is 7.58. The summed E-state index contributed by atoms with van der Waals surface area (Å²) in [7, 11) is 0. The highest BCUT2D eigenvalue weighted by molar-refractivity contribution is 5.27. The number of rotatable bonds is 3. The van der Waals surface area contributed by atoms with Crippen LogP contribution in [0.5, 0.6) is 0 Å². The van der Waals surface area contributed by atoms with E-state index in [4.69, 9.17) is 9.63 Å². The first-order valence-electron chi connectivity index (χ1n) is 4.43. The number of aliphatic hydroxyl groups is 1. The van der Waals surface area contributed by atoms with Crippen molar-refractivity contribution in [2.75, 3.05) is 11.9 Å². The van der Waals surface area contributed by atoms with Crippen LogP contribution in [0.1, 0.15) is 25.1 Å². The number of hydrogen-bond acceptors (Lipinski definition) is 5. The molecule has 0 aliphatic heterocycles. The summed E-state index contributed by atoms with van der Waals surface area (Å²) < 4.78 is 4.91. The van der Waals surface area contributed by atoms with Crippen LogP contribution < -0.4 is 5.32 Å². The van der Waals surface area contributed by atoms with Crippen LogP contribution >= 0.6 is 0 Å². The lowest BCUT2D eigenvalue weighted by molar-refractivity contribution is 0.140. The second-order valence-electron chi connectivity index (χ2n) is 3.56. The van der Waals surface area contributed by atoms with Gasteiger partial charge in [0.15, 0.2) is 5.82 Å². The average molecular weight is 183 g/mol. The molecule has 0 atom stereocenters. The largest absolute Gasteiger partial charge is 0.394 e. The van der Waals surface area contributed by atoms with Gasteiger partial charge in [-0.1, -0.05) is 5.16 Å². The van der Waals surface area contributed by atoms with Gasteiger partial charge in [0, 0.05) is 0 Å². The highest BCUT2D eigenvalue weighted by Crippen LogP contribution is 2.34. The summed E-state index contributed by atoms with van der Waals surface area (Å²) in [5.74, 6) is 0.606. The Bertz CT molecular complexity index is 288. The van der Waals surface area contributed by atoms with Gasteiger partial charge >= 0.3 is 6.01 Å². The average Bonchev–Trinajstić information content (AvgIpc) is 2.44. The van der Waals surface area contributed by atoms with E-state index in [2.05, 4.69) is 15.5 Å². The molecule has 0 spiro atoms. The molecule has 5 nitrogen and oxygen atoms in total. The molecular weight excluding hydrogens is 170 g/mol. The van der Waals surface area contributed by atoms with Crippen molar-refractivity contribution in [3.8, 4) is 0 Å². The third-order valence-electron chi connectivity index (χ3n) is 2.51. The molecule has 1 aliphatic rings. The predicted octanol–water partition coefficient (Wildman–Crippen LogP) is 0.705. The van der Waals surface area contributed by atoms with Gasteiger partial charge in [0.2, 0.25) is 0 Å². The van der Waals surface area contributed by atoms with Gasteiger partial charge in [0.1, 0.15) is 0 Å². The maximum absolute atomic E-state index is 9.15. The highest BCUT2D eigenvalue weighted by Gasteiger charge is 2.37. The molecular formula is C8H13N3O2. The molecule has 2 N–H and O–H groups in total. The first kappa shape index (κ1) is 8.50. The number of nitrogens with zero attached hydrogens (tertiary/aromatic N) is 2. The Labute approximate surface area is 76.1 Å². The number of aliphatic hydroxyl groups excluding tert-OH is 1. The lowest BCUT2D eigenvalue weighted by Crippen LogP contribution is -2.48.